The number of rotatable bonds is 1. The van der Waals surface area contributed by atoms with Gasteiger partial charge in [-0.1, -0.05) is 6.58 Å². The van der Waals surface area contributed by atoms with Gasteiger partial charge in [-0.2, -0.15) is 0 Å². The van der Waals surface area contributed by atoms with Crippen LogP contribution < -0.4 is 10.6 Å². The van der Waals surface area contributed by atoms with E-state index in [9.17, 15) is 0 Å². The van der Waals surface area contributed by atoms with E-state index in [1.54, 1.807) is 6.26 Å². The summed E-state index contributed by atoms with van der Waals surface area (Å²) in [4.78, 5) is 1.96. The average molecular weight is 137 g/mol. The summed E-state index contributed by atoms with van der Waals surface area (Å²) in [6.07, 6.45) is 3.60. The van der Waals surface area contributed by atoms with Crippen LogP contribution in [0.1, 0.15) is 0 Å². The molecule has 1 heterocycles. The molecule has 54 valence electrons. The molecular formula is C8H11NO. The van der Waals surface area contributed by atoms with Crippen molar-refractivity contribution >= 4 is 12.8 Å². The van der Waals surface area contributed by atoms with Crippen LogP contribution in [0.15, 0.2) is 16.7 Å². The SMILES string of the molecule is C=c1occ/c1=C/N(C)C. The molecule has 0 aliphatic heterocycles. The molecule has 0 N–H and O–H groups in total. The van der Waals surface area contributed by atoms with E-state index in [0.29, 0.717) is 5.42 Å². The summed E-state index contributed by atoms with van der Waals surface area (Å²) in [6.45, 7) is 3.71. The summed E-state index contributed by atoms with van der Waals surface area (Å²) in [6, 6.07) is 1.89. The van der Waals surface area contributed by atoms with Crippen molar-refractivity contribution in [2.24, 2.45) is 0 Å². The average Bonchev–Trinajstić information content (AvgIpc) is 2.15. The van der Waals surface area contributed by atoms with Gasteiger partial charge in [-0.25, -0.2) is 0 Å². The molecule has 0 radical (unpaired) electrons. The van der Waals surface area contributed by atoms with Gasteiger partial charge in [-0.15, -0.1) is 0 Å². The zero-order valence-corrected chi connectivity index (χ0v) is 6.29. The third kappa shape index (κ3) is 1.41. The molecular weight excluding hydrogens is 126 g/mol. The molecule has 0 amide bonds. The van der Waals surface area contributed by atoms with Crippen molar-refractivity contribution in [3.8, 4) is 0 Å². The highest BCUT2D eigenvalue weighted by Crippen LogP contribution is 1.73. The minimum absolute atomic E-state index is 0.716. The van der Waals surface area contributed by atoms with Gasteiger partial charge in [0.25, 0.3) is 0 Å². The summed E-state index contributed by atoms with van der Waals surface area (Å²) in [5, 5.41) is 1.03. The molecule has 10 heavy (non-hydrogen) atoms. The molecule has 1 aromatic rings. The molecule has 1 aromatic heterocycles. The smallest absolute Gasteiger partial charge is 0.128 e. The summed E-state index contributed by atoms with van der Waals surface area (Å²) in [5.41, 5.74) is 0.716. The van der Waals surface area contributed by atoms with Crippen molar-refractivity contribution in [3.63, 3.8) is 0 Å². The molecule has 0 aliphatic carbocycles. The molecule has 1 rings (SSSR count). The fourth-order valence-corrected chi connectivity index (χ4v) is 0.744. The monoisotopic (exact) mass is 137 g/mol. The van der Waals surface area contributed by atoms with Gasteiger partial charge in [-0.05, 0) is 6.07 Å². The second-order valence-corrected chi connectivity index (χ2v) is 2.39. The lowest BCUT2D eigenvalue weighted by Crippen LogP contribution is -2.21. The molecule has 0 atom stereocenters. The zero-order valence-electron chi connectivity index (χ0n) is 6.29. The lowest BCUT2D eigenvalue weighted by molar-refractivity contribution is 0.530. The Kier molecular flexibility index (Phi) is 1.81. The van der Waals surface area contributed by atoms with Crippen LogP contribution in [-0.4, -0.2) is 19.0 Å². The predicted molar refractivity (Wildman–Crippen MR) is 41.6 cm³/mol. The van der Waals surface area contributed by atoms with E-state index in [1.165, 1.54) is 0 Å². The number of hydrogen-bond acceptors (Lipinski definition) is 2. The number of hydrogen-bond donors (Lipinski definition) is 0. The van der Waals surface area contributed by atoms with E-state index in [4.69, 9.17) is 4.42 Å². The van der Waals surface area contributed by atoms with Gasteiger partial charge in [0, 0.05) is 25.5 Å². The molecule has 2 heteroatoms. The van der Waals surface area contributed by atoms with Gasteiger partial charge >= 0.3 is 0 Å². The molecule has 0 bridgehead atoms. The van der Waals surface area contributed by atoms with Gasteiger partial charge in [-0.3, -0.25) is 0 Å². The van der Waals surface area contributed by atoms with Crippen LogP contribution in [0.3, 0.4) is 0 Å². The lowest BCUT2D eigenvalue weighted by atomic mass is 10.4. The van der Waals surface area contributed by atoms with Crippen LogP contribution in [0, 0.1) is 0 Å². The largest absolute Gasteiger partial charge is 0.465 e. The first-order chi connectivity index (χ1) is 4.70. The van der Waals surface area contributed by atoms with Crippen LogP contribution in [0.5, 0.6) is 0 Å². The van der Waals surface area contributed by atoms with Crippen LogP contribution >= 0.6 is 0 Å². The number of nitrogens with zero attached hydrogens (tertiary/aromatic N) is 1. The Morgan fingerprint density at radius 1 is 1.60 bits per heavy atom. The van der Waals surface area contributed by atoms with Gasteiger partial charge in [0.05, 0.1) is 6.26 Å². The van der Waals surface area contributed by atoms with E-state index in [2.05, 4.69) is 6.58 Å². The maximum Gasteiger partial charge on any atom is 0.128 e. The Morgan fingerprint density at radius 2 is 2.30 bits per heavy atom. The molecule has 0 fully saturated rings. The topological polar surface area (TPSA) is 16.4 Å². The predicted octanol–water partition coefficient (Wildman–Crippen LogP) is -0.0105. The molecule has 0 saturated heterocycles. The molecule has 0 aliphatic rings. The van der Waals surface area contributed by atoms with Crippen LogP contribution in [-0.2, 0) is 0 Å². The Morgan fingerprint density at radius 3 is 2.70 bits per heavy atom. The van der Waals surface area contributed by atoms with Gasteiger partial charge < -0.3 is 9.32 Å². The van der Waals surface area contributed by atoms with Crippen LogP contribution in [0.25, 0.3) is 12.8 Å². The van der Waals surface area contributed by atoms with Gasteiger partial charge in [0.2, 0.25) is 0 Å². The standard InChI is InChI=1S/C8H11NO/c1-7-8(4-5-10-7)6-9(2)3/h4-6H,1H2,2-3H3/b8-6-. The van der Waals surface area contributed by atoms with Crippen molar-refractivity contribution < 1.29 is 4.42 Å². The maximum atomic E-state index is 5.00. The second-order valence-electron chi connectivity index (χ2n) is 2.39. The Labute approximate surface area is 60.1 Å². The van der Waals surface area contributed by atoms with E-state index < -0.39 is 0 Å². The van der Waals surface area contributed by atoms with Crippen molar-refractivity contribution in [1.82, 2.24) is 4.90 Å². The second kappa shape index (κ2) is 2.60. The molecule has 0 spiro atoms. The van der Waals surface area contributed by atoms with E-state index >= 15 is 0 Å². The van der Waals surface area contributed by atoms with E-state index in [-0.39, 0.29) is 0 Å². The van der Waals surface area contributed by atoms with E-state index in [0.717, 1.165) is 5.22 Å². The van der Waals surface area contributed by atoms with Crippen molar-refractivity contribution in [3.05, 3.63) is 23.0 Å². The normalized spacial score (nSPS) is 12.0. The Hall–Kier alpha value is -1.18. The minimum atomic E-state index is 0.716. The molecule has 2 nitrogen and oxygen atoms in total. The van der Waals surface area contributed by atoms with Crippen molar-refractivity contribution in [1.29, 1.82) is 0 Å². The maximum absolute atomic E-state index is 5.00. The molecule has 0 saturated carbocycles. The van der Waals surface area contributed by atoms with Crippen LogP contribution in [0.2, 0.25) is 0 Å². The Balaban J connectivity index is 3.16. The van der Waals surface area contributed by atoms with Crippen molar-refractivity contribution in [2.45, 2.75) is 0 Å². The van der Waals surface area contributed by atoms with Gasteiger partial charge in [0.15, 0.2) is 0 Å². The first-order valence-corrected chi connectivity index (χ1v) is 3.11. The zero-order chi connectivity index (χ0) is 7.56. The fraction of sp³-hybridized carbons (Fsp3) is 0.250. The Bertz CT molecular complexity index is 297. The highest BCUT2D eigenvalue weighted by atomic mass is 16.3. The van der Waals surface area contributed by atoms with Crippen molar-refractivity contribution in [2.75, 3.05) is 14.1 Å². The summed E-state index contributed by atoms with van der Waals surface area (Å²) < 4.78 is 5.00. The van der Waals surface area contributed by atoms with Crippen LogP contribution in [0.4, 0.5) is 0 Å². The molecule has 0 aromatic carbocycles. The third-order valence-corrected chi connectivity index (χ3v) is 1.18. The molecule has 0 unspecified atom stereocenters. The fourth-order valence-electron chi connectivity index (χ4n) is 0.744. The summed E-state index contributed by atoms with van der Waals surface area (Å²) in [7, 11) is 3.93. The summed E-state index contributed by atoms with van der Waals surface area (Å²) >= 11 is 0. The first kappa shape index (κ1) is 6.93. The minimum Gasteiger partial charge on any atom is -0.465 e. The highest BCUT2D eigenvalue weighted by Gasteiger charge is 1.84. The third-order valence-electron chi connectivity index (χ3n) is 1.18. The number of furan rings is 1. The summed E-state index contributed by atoms with van der Waals surface area (Å²) in [5.74, 6) is 0. The van der Waals surface area contributed by atoms with Gasteiger partial charge in [0.1, 0.15) is 5.42 Å². The van der Waals surface area contributed by atoms with E-state index in [1.807, 2.05) is 31.3 Å². The quantitative estimate of drug-likeness (QED) is 0.541. The first-order valence-electron chi connectivity index (χ1n) is 3.11. The lowest BCUT2D eigenvalue weighted by Gasteiger charge is -2.00. The highest BCUT2D eigenvalue weighted by molar-refractivity contribution is 5.19.